The van der Waals surface area contributed by atoms with E-state index in [0.717, 1.165) is 36.8 Å². The van der Waals surface area contributed by atoms with Crippen molar-refractivity contribution in [1.82, 2.24) is 14.8 Å². The van der Waals surface area contributed by atoms with E-state index in [0.29, 0.717) is 0 Å². The maximum Gasteiger partial charge on any atom is 0.152 e. The molecule has 4 nitrogen and oxygen atoms in total. The minimum absolute atomic E-state index is 0.743. The molecule has 0 unspecified atom stereocenters. The molecule has 0 spiro atoms. The standard InChI is InChI=1S/C13H15IN4/c14-10-4-3-5-11(8-10)15-9-13-17-16-12-6-1-2-7-18(12)13/h3-5,8,15H,1-2,6-7,9H2. The summed E-state index contributed by atoms with van der Waals surface area (Å²) in [7, 11) is 0. The molecule has 1 aliphatic heterocycles. The predicted octanol–water partition coefficient (Wildman–Crippen LogP) is 2.83. The molecular formula is C13H15IN4. The van der Waals surface area contributed by atoms with Gasteiger partial charge in [-0.1, -0.05) is 6.07 Å². The quantitative estimate of drug-likeness (QED) is 0.862. The summed E-state index contributed by atoms with van der Waals surface area (Å²) in [5.74, 6) is 2.18. The van der Waals surface area contributed by atoms with Crippen LogP contribution in [0.15, 0.2) is 24.3 Å². The zero-order valence-corrected chi connectivity index (χ0v) is 12.2. The number of nitrogens with one attached hydrogen (secondary N) is 1. The molecule has 18 heavy (non-hydrogen) atoms. The molecule has 0 aliphatic carbocycles. The third kappa shape index (κ3) is 2.50. The minimum Gasteiger partial charge on any atom is -0.378 e. The van der Waals surface area contributed by atoms with Gasteiger partial charge >= 0.3 is 0 Å². The lowest BCUT2D eigenvalue weighted by Crippen LogP contribution is -2.15. The van der Waals surface area contributed by atoms with Gasteiger partial charge in [0.25, 0.3) is 0 Å². The summed E-state index contributed by atoms with van der Waals surface area (Å²) in [4.78, 5) is 0. The highest BCUT2D eigenvalue weighted by atomic mass is 127. The molecule has 3 rings (SSSR count). The van der Waals surface area contributed by atoms with Crippen molar-refractivity contribution in [1.29, 1.82) is 0 Å². The van der Waals surface area contributed by atoms with E-state index in [1.165, 1.54) is 16.4 Å². The number of hydrogen-bond acceptors (Lipinski definition) is 3. The summed E-state index contributed by atoms with van der Waals surface area (Å²) < 4.78 is 3.49. The highest BCUT2D eigenvalue weighted by Gasteiger charge is 2.15. The van der Waals surface area contributed by atoms with Gasteiger partial charge in [-0.25, -0.2) is 0 Å². The Kier molecular flexibility index (Phi) is 3.49. The van der Waals surface area contributed by atoms with E-state index in [1.807, 2.05) is 0 Å². The number of nitrogens with zero attached hydrogens (tertiary/aromatic N) is 3. The van der Waals surface area contributed by atoms with Crippen LogP contribution in [-0.2, 0) is 19.5 Å². The average molecular weight is 354 g/mol. The van der Waals surface area contributed by atoms with Crippen molar-refractivity contribution < 1.29 is 0 Å². The Morgan fingerprint density at radius 1 is 1.28 bits per heavy atom. The molecule has 2 heterocycles. The Morgan fingerprint density at radius 3 is 3.11 bits per heavy atom. The van der Waals surface area contributed by atoms with Gasteiger partial charge in [-0.2, -0.15) is 0 Å². The Bertz CT molecular complexity index is 550. The summed E-state index contributed by atoms with van der Waals surface area (Å²) in [6.07, 6.45) is 3.54. The number of rotatable bonds is 3. The zero-order valence-electron chi connectivity index (χ0n) is 10.1. The fourth-order valence-corrected chi connectivity index (χ4v) is 2.82. The maximum atomic E-state index is 4.28. The monoisotopic (exact) mass is 354 g/mol. The molecule has 1 aromatic heterocycles. The van der Waals surface area contributed by atoms with E-state index in [-0.39, 0.29) is 0 Å². The lowest BCUT2D eigenvalue weighted by Gasteiger charge is -2.15. The molecule has 0 fully saturated rings. The minimum atomic E-state index is 0.743. The Morgan fingerprint density at radius 2 is 2.22 bits per heavy atom. The van der Waals surface area contributed by atoms with Crippen LogP contribution in [0.1, 0.15) is 24.5 Å². The van der Waals surface area contributed by atoms with Crippen molar-refractivity contribution in [2.24, 2.45) is 0 Å². The summed E-state index contributed by atoms with van der Waals surface area (Å²) >= 11 is 2.32. The molecule has 2 aromatic rings. The van der Waals surface area contributed by atoms with Crippen LogP contribution in [0.4, 0.5) is 5.69 Å². The largest absolute Gasteiger partial charge is 0.378 e. The second kappa shape index (κ2) is 5.26. The van der Waals surface area contributed by atoms with Crippen molar-refractivity contribution >= 4 is 28.3 Å². The van der Waals surface area contributed by atoms with E-state index < -0.39 is 0 Å². The Balaban J connectivity index is 1.72. The first-order valence-electron chi connectivity index (χ1n) is 6.23. The first kappa shape index (κ1) is 12.0. The molecule has 0 radical (unpaired) electrons. The predicted molar refractivity (Wildman–Crippen MR) is 79.4 cm³/mol. The van der Waals surface area contributed by atoms with Crippen LogP contribution in [0.5, 0.6) is 0 Å². The van der Waals surface area contributed by atoms with Crippen molar-refractivity contribution in [3.05, 3.63) is 39.5 Å². The van der Waals surface area contributed by atoms with Gasteiger partial charge in [0, 0.05) is 22.2 Å². The third-order valence-corrected chi connectivity index (χ3v) is 3.88. The topological polar surface area (TPSA) is 42.7 Å². The molecular weight excluding hydrogens is 339 g/mol. The lowest BCUT2D eigenvalue weighted by molar-refractivity contribution is 0.510. The van der Waals surface area contributed by atoms with Crippen molar-refractivity contribution in [3.63, 3.8) is 0 Å². The second-order valence-electron chi connectivity index (χ2n) is 4.51. The van der Waals surface area contributed by atoms with E-state index >= 15 is 0 Å². The molecule has 0 saturated carbocycles. The zero-order chi connectivity index (χ0) is 12.4. The van der Waals surface area contributed by atoms with Gasteiger partial charge in [0.1, 0.15) is 5.82 Å². The van der Waals surface area contributed by atoms with Crippen molar-refractivity contribution in [2.45, 2.75) is 32.4 Å². The van der Waals surface area contributed by atoms with Crippen LogP contribution >= 0.6 is 22.6 Å². The van der Waals surface area contributed by atoms with Crippen LogP contribution in [0.25, 0.3) is 0 Å². The first-order chi connectivity index (χ1) is 8.83. The van der Waals surface area contributed by atoms with Gasteiger partial charge in [0.05, 0.1) is 6.54 Å². The number of aryl methyl sites for hydroxylation is 1. The van der Waals surface area contributed by atoms with Crippen molar-refractivity contribution in [3.8, 4) is 0 Å². The number of hydrogen-bond donors (Lipinski definition) is 1. The average Bonchev–Trinajstić information content (AvgIpc) is 2.80. The molecule has 0 saturated heterocycles. The highest BCUT2D eigenvalue weighted by Crippen LogP contribution is 2.16. The van der Waals surface area contributed by atoms with E-state index in [9.17, 15) is 0 Å². The van der Waals surface area contributed by atoms with Gasteiger partial charge in [-0.3, -0.25) is 0 Å². The van der Waals surface area contributed by atoms with Crippen molar-refractivity contribution in [2.75, 3.05) is 5.32 Å². The SMILES string of the molecule is Ic1cccc(NCc2nnc3n2CCCC3)c1. The molecule has 5 heteroatoms. The molecule has 0 bridgehead atoms. The molecule has 1 aliphatic rings. The van der Waals surface area contributed by atoms with Crippen LogP contribution < -0.4 is 5.32 Å². The van der Waals surface area contributed by atoms with Crippen LogP contribution in [0.3, 0.4) is 0 Å². The maximum absolute atomic E-state index is 4.28. The summed E-state index contributed by atoms with van der Waals surface area (Å²) in [5, 5.41) is 12.0. The van der Waals surface area contributed by atoms with Gasteiger partial charge in [-0.15, -0.1) is 10.2 Å². The summed E-state index contributed by atoms with van der Waals surface area (Å²) in [6.45, 7) is 1.80. The van der Waals surface area contributed by atoms with Crippen LogP contribution in [-0.4, -0.2) is 14.8 Å². The fourth-order valence-electron chi connectivity index (χ4n) is 2.28. The number of benzene rings is 1. The van der Waals surface area contributed by atoms with Gasteiger partial charge in [0.2, 0.25) is 0 Å². The molecule has 0 atom stereocenters. The lowest BCUT2D eigenvalue weighted by atomic mass is 10.2. The Labute approximate surface area is 120 Å². The van der Waals surface area contributed by atoms with E-state index in [1.54, 1.807) is 0 Å². The highest BCUT2D eigenvalue weighted by molar-refractivity contribution is 14.1. The van der Waals surface area contributed by atoms with Gasteiger partial charge < -0.3 is 9.88 Å². The third-order valence-electron chi connectivity index (χ3n) is 3.21. The molecule has 1 N–H and O–H groups in total. The number of aromatic nitrogens is 3. The molecule has 0 amide bonds. The summed E-state index contributed by atoms with van der Waals surface area (Å²) in [5.41, 5.74) is 1.13. The van der Waals surface area contributed by atoms with Crippen LogP contribution in [0.2, 0.25) is 0 Å². The smallest absolute Gasteiger partial charge is 0.152 e. The number of halogens is 1. The normalized spacial score (nSPS) is 14.3. The Hall–Kier alpha value is -1.11. The van der Waals surface area contributed by atoms with Gasteiger partial charge in [0.15, 0.2) is 5.82 Å². The van der Waals surface area contributed by atoms with E-state index in [4.69, 9.17) is 0 Å². The molecule has 1 aromatic carbocycles. The number of fused-ring (bicyclic) bond motifs is 1. The second-order valence-corrected chi connectivity index (χ2v) is 5.75. The summed E-state index contributed by atoms with van der Waals surface area (Å²) in [6, 6.07) is 8.36. The van der Waals surface area contributed by atoms with E-state index in [2.05, 4.69) is 66.9 Å². The van der Waals surface area contributed by atoms with Crippen LogP contribution in [0, 0.1) is 3.57 Å². The van der Waals surface area contributed by atoms with Gasteiger partial charge in [-0.05, 0) is 53.6 Å². The molecule has 94 valence electrons. The number of anilines is 1. The fraction of sp³-hybridized carbons (Fsp3) is 0.385. The first-order valence-corrected chi connectivity index (χ1v) is 7.31.